The number of non-ortho nitro benzene ring substituents is 1. The Balaban J connectivity index is 1.60. The SMILES string of the molecule is Cc1ccc([N+](=O)[O-])cc1C(=O)N1CCN(C[C@@H]2CCOC2)CC1. The van der Waals surface area contributed by atoms with Crippen LogP contribution in [0, 0.1) is 23.0 Å². The molecule has 2 aliphatic heterocycles. The fourth-order valence-corrected chi connectivity index (χ4v) is 3.35. The number of ether oxygens (including phenoxy) is 1. The molecule has 2 aliphatic rings. The van der Waals surface area contributed by atoms with E-state index in [2.05, 4.69) is 4.90 Å². The number of rotatable bonds is 4. The van der Waals surface area contributed by atoms with Crippen molar-refractivity contribution in [3.63, 3.8) is 0 Å². The largest absolute Gasteiger partial charge is 0.381 e. The first kappa shape index (κ1) is 16.9. The van der Waals surface area contributed by atoms with Crippen molar-refractivity contribution in [2.24, 2.45) is 5.92 Å². The number of benzene rings is 1. The fraction of sp³-hybridized carbons (Fsp3) is 0.588. The molecular weight excluding hydrogens is 310 g/mol. The molecule has 0 aliphatic carbocycles. The first-order chi connectivity index (χ1) is 11.5. The van der Waals surface area contributed by atoms with E-state index in [-0.39, 0.29) is 11.6 Å². The topological polar surface area (TPSA) is 75.9 Å². The van der Waals surface area contributed by atoms with Crippen molar-refractivity contribution < 1.29 is 14.5 Å². The smallest absolute Gasteiger partial charge is 0.270 e. The molecule has 0 radical (unpaired) electrons. The third kappa shape index (κ3) is 3.73. The second kappa shape index (κ2) is 7.27. The molecule has 0 unspecified atom stereocenters. The van der Waals surface area contributed by atoms with Gasteiger partial charge in [0.2, 0.25) is 0 Å². The minimum absolute atomic E-state index is 0.0381. The zero-order valence-corrected chi connectivity index (χ0v) is 13.9. The highest BCUT2D eigenvalue weighted by atomic mass is 16.6. The Kier molecular flexibility index (Phi) is 5.11. The fourth-order valence-electron chi connectivity index (χ4n) is 3.35. The lowest BCUT2D eigenvalue weighted by Gasteiger charge is -2.36. The number of hydrogen-bond donors (Lipinski definition) is 0. The van der Waals surface area contributed by atoms with E-state index in [0.717, 1.165) is 44.8 Å². The van der Waals surface area contributed by atoms with Gasteiger partial charge in [-0.05, 0) is 24.8 Å². The van der Waals surface area contributed by atoms with Gasteiger partial charge in [-0.2, -0.15) is 0 Å². The maximum Gasteiger partial charge on any atom is 0.270 e. The van der Waals surface area contributed by atoms with Crippen LogP contribution in [0.3, 0.4) is 0 Å². The van der Waals surface area contributed by atoms with Gasteiger partial charge < -0.3 is 9.64 Å². The molecule has 24 heavy (non-hydrogen) atoms. The normalized spacial score (nSPS) is 21.9. The maximum atomic E-state index is 12.7. The summed E-state index contributed by atoms with van der Waals surface area (Å²) in [4.78, 5) is 27.4. The van der Waals surface area contributed by atoms with Crippen LogP contribution in [0.2, 0.25) is 0 Å². The Bertz CT molecular complexity index is 620. The highest BCUT2D eigenvalue weighted by Gasteiger charge is 2.26. The average Bonchev–Trinajstić information content (AvgIpc) is 3.08. The summed E-state index contributed by atoms with van der Waals surface area (Å²) in [6, 6.07) is 4.47. The Morgan fingerprint density at radius 2 is 2.08 bits per heavy atom. The van der Waals surface area contributed by atoms with Gasteiger partial charge in [-0.15, -0.1) is 0 Å². The van der Waals surface area contributed by atoms with Gasteiger partial charge in [0.05, 0.1) is 11.5 Å². The van der Waals surface area contributed by atoms with E-state index >= 15 is 0 Å². The summed E-state index contributed by atoms with van der Waals surface area (Å²) in [5.74, 6) is 0.492. The highest BCUT2D eigenvalue weighted by molar-refractivity contribution is 5.96. The number of carbonyl (C=O) groups excluding carboxylic acids is 1. The van der Waals surface area contributed by atoms with Gasteiger partial charge in [0.15, 0.2) is 0 Å². The molecule has 2 heterocycles. The van der Waals surface area contributed by atoms with Gasteiger partial charge in [-0.3, -0.25) is 19.8 Å². The van der Waals surface area contributed by atoms with Crippen LogP contribution in [0.4, 0.5) is 5.69 Å². The molecule has 0 aromatic heterocycles. The van der Waals surface area contributed by atoms with E-state index in [4.69, 9.17) is 4.74 Å². The lowest BCUT2D eigenvalue weighted by Crippen LogP contribution is -2.50. The molecule has 7 heteroatoms. The number of nitro groups is 1. The van der Waals surface area contributed by atoms with Crippen molar-refractivity contribution in [2.45, 2.75) is 13.3 Å². The van der Waals surface area contributed by atoms with Gasteiger partial charge in [0.1, 0.15) is 0 Å². The highest BCUT2D eigenvalue weighted by Crippen LogP contribution is 2.20. The standard InChI is InChI=1S/C17H23N3O4/c1-13-2-3-15(20(22)23)10-16(13)17(21)19-7-5-18(6-8-19)11-14-4-9-24-12-14/h2-3,10,14H,4-9,11-12H2,1H3/t14-/m0/s1. The predicted octanol–water partition coefficient (Wildman–Crippen LogP) is 1.70. The van der Waals surface area contributed by atoms with E-state index < -0.39 is 4.92 Å². The molecule has 130 valence electrons. The zero-order valence-electron chi connectivity index (χ0n) is 13.9. The lowest BCUT2D eigenvalue weighted by atomic mass is 10.1. The van der Waals surface area contributed by atoms with Gasteiger partial charge in [-0.1, -0.05) is 6.07 Å². The quantitative estimate of drug-likeness (QED) is 0.619. The van der Waals surface area contributed by atoms with Crippen LogP contribution in [-0.4, -0.2) is 66.6 Å². The van der Waals surface area contributed by atoms with Crippen molar-refractivity contribution in [1.82, 2.24) is 9.80 Å². The average molecular weight is 333 g/mol. The molecule has 1 amide bonds. The van der Waals surface area contributed by atoms with Gasteiger partial charge in [-0.25, -0.2) is 0 Å². The summed E-state index contributed by atoms with van der Waals surface area (Å²) < 4.78 is 5.41. The maximum absolute atomic E-state index is 12.7. The second-order valence-electron chi connectivity index (χ2n) is 6.58. The van der Waals surface area contributed by atoms with Crippen LogP contribution in [0.25, 0.3) is 0 Å². The third-order valence-corrected chi connectivity index (χ3v) is 4.86. The molecule has 1 atom stereocenters. The molecule has 3 rings (SSSR count). The van der Waals surface area contributed by atoms with Crippen LogP contribution >= 0.6 is 0 Å². The first-order valence-corrected chi connectivity index (χ1v) is 8.39. The van der Waals surface area contributed by atoms with Crippen molar-refractivity contribution in [2.75, 3.05) is 45.9 Å². The van der Waals surface area contributed by atoms with E-state index in [1.807, 2.05) is 6.92 Å². The van der Waals surface area contributed by atoms with Crippen LogP contribution in [-0.2, 0) is 4.74 Å². The number of piperazine rings is 1. The molecule has 0 saturated carbocycles. The summed E-state index contributed by atoms with van der Waals surface area (Å²) in [7, 11) is 0. The van der Waals surface area contributed by atoms with E-state index in [1.165, 1.54) is 12.1 Å². The number of amides is 1. The predicted molar refractivity (Wildman–Crippen MR) is 89.1 cm³/mol. The summed E-state index contributed by atoms with van der Waals surface area (Å²) >= 11 is 0. The molecular formula is C17H23N3O4. The first-order valence-electron chi connectivity index (χ1n) is 8.39. The monoisotopic (exact) mass is 333 g/mol. The van der Waals surface area contributed by atoms with Crippen LogP contribution in [0.15, 0.2) is 18.2 Å². The summed E-state index contributed by atoms with van der Waals surface area (Å²) in [5.41, 5.74) is 1.17. The van der Waals surface area contributed by atoms with Crippen molar-refractivity contribution in [3.05, 3.63) is 39.4 Å². The van der Waals surface area contributed by atoms with Gasteiger partial charge in [0, 0.05) is 57.0 Å². The Morgan fingerprint density at radius 1 is 1.33 bits per heavy atom. The van der Waals surface area contributed by atoms with Crippen molar-refractivity contribution in [3.8, 4) is 0 Å². The summed E-state index contributed by atoms with van der Waals surface area (Å²) in [6.07, 6.45) is 1.12. The zero-order chi connectivity index (χ0) is 17.1. The van der Waals surface area contributed by atoms with Crippen LogP contribution in [0.5, 0.6) is 0 Å². The molecule has 7 nitrogen and oxygen atoms in total. The lowest BCUT2D eigenvalue weighted by molar-refractivity contribution is -0.384. The molecule has 0 spiro atoms. The summed E-state index contributed by atoms with van der Waals surface area (Å²) in [6.45, 7) is 7.54. The Labute approximate surface area is 141 Å². The Hall–Kier alpha value is -1.99. The van der Waals surface area contributed by atoms with Crippen LogP contribution < -0.4 is 0 Å². The molecule has 0 bridgehead atoms. The molecule has 2 fully saturated rings. The van der Waals surface area contributed by atoms with Gasteiger partial charge >= 0.3 is 0 Å². The number of nitrogens with zero attached hydrogens (tertiary/aromatic N) is 3. The number of carbonyl (C=O) groups is 1. The van der Waals surface area contributed by atoms with Crippen LogP contribution in [0.1, 0.15) is 22.3 Å². The minimum atomic E-state index is -0.460. The molecule has 2 saturated heterocycles. The number of nitro benzene ring substituents is 1. The summed E-state index contributed by atoms with van der Waals surface area (Å²) in [5, 5.41) is 10.9. The van der Waals surface area contributed by atoms with Crippen molar-refractivity contribution >= 4 is 11.6 Å². The molecule has 1 aromatic carbocycles. The number of aryl methyl sites for hydroxylation is 1. The molecule has 0 N–H and O–H groups in total. The Morgan fingerprint density at radius 3 is 2.71 bits per heavy atom. The number of hydrogen-bond acceptors (Lipinski definition) is 5. The minimum Gasteiger partial charge on any atom is -0.381 e. The van der Waals surface area contributed by atoms with Crippen molar-refractivity contribution in [1.29, 1.82) is 0 Å². The third-order valence-electron chi connectivity index (χ3n) is 4.86. The van der Waals surface area contributed by atoms with Gasteiger partial charge in [0.25, 0.3) is 11.6 Å². The van der Waals surface area contributed by atoms with E-state index in [9.17, 15) is 14.9 Å². The van der Waals surface area contributed by atoms with E-state index in [1.54, 1.807) is 11.0 Å². The molecule has 1 aromatic rings. The second-order valence-corrected chi connectivity index (χ2v) is 6.58. The van der Waals surface area contributed by atoms with E-state index in [0.29, 0.717) is 24.6 Å².